The van der Waals surface area contributed by atoms with Crippen LogP contribution in [0.25, 0.3) is 11.3 Å². The summed E-state index contributed by atoms with van der Waals surface area (Å²) in [5, 5.41) is 0.434. The molecule has 0 unspecified atom stereocenters. The largest absolute Gasteiger partial charge is 0.375 e. The molecule has 112 valence electrons. The van der Waals surface area contributed by atoms with Crippen molar-refractivity contribution >= 4 is 22.4 Å². The van der Waals surface area contributed by atoms with Crippen LogP contribution in [-0.2, 0) is 0 Å². The second kappa shape index (κ2) is 7.22. The summed E-state index contributed by atoms with van der Waals surface area (Å²) in [5.74, 6) is 0.0269. The SMILES string of the molecule is CCCCN(CC)C(=O)c1sc(N)nc1-c1ccccc1. The average molecular weight is 303 g/mol. The summed E-state index contributed by atoms with van der Waals surface area (Å²) in [7, 11) is 0. The maximum atomic E-state index is 12.7. The Bertz CT molecular complexity index is 595. The number of hydrogen-bond acceptors (Lipinski definition) is 4. The molecule has 5 heteroatoms. The predicted molar refractivity (Wildman–Crippen MR) is 88.4 cm³/mol. The molecule has 0 atom stereocenters. The first-order valence-electron chi connectivity index (χ1n) is 7.28. The van der Waals surface area contributed by atoms with Crippen LogP contribution < -0.4 is 5.73 Å². The predicted octanol–water partition coefficient (Wildman–Crippen LogP) is 3.65. The fourth-order valence-electron chi connectivity index (χ4n) is 2.17. The minimum absolute atomic E-state index is 0.0269. The van der Waals surface area contributed by atoms with Crippen molar-refractivity contribution in [3.05, 3.63) is 35.2 Å². The minimum atomic E-state index is 0.0269. The summed E-state index contributed by atoms with van der Waals surface area (Å²) in [5.41, 5.74) is 7.46. The van der Waals surface area contributed by atoms with Crippen molar-refractivity contribution in [3.8, 4) is 11.3 Å². The zero-order chi connectivity index (χ0) is 15.2. The Hall–Kier alpha value is -1.88. The molecule has 21 heavy (non-hydrogen) atoms. The molecule has 0 aliphatic rings. The van der Waals surface area contributed by atoms with Gasteiger partial charge in [-0.1, -0.05) is 55.0 Å². The van der Waals surface area contributed by atoms with Crippen LogP contribution in [-0.4, -0.2) is 28.9 Å². The third-order valence-corrected chi connectivity index (χ3v) is 4.21. The highest BCUT2D eigenvalue weighted by Gasteiger charge is 2.22. The second-order valence-electron chi connectivity index (χ2n) is 4.83. The highest BCUT2D eigenvalue weighted by molar-refractivity contribution is 7.17. The highest BCUT2D eigenvalue weighted by Crippen LogP contribution is 2.30. The lowest BCUT2D eigenvalue weighted by Crippen LogP contribution is -2.31. The number of carbonyl (C=O) groups excluding carboxylic acids is 1. The van der Waals surface area contributed by atoms with Crippen molar-refractivity contribution in [2.75, 3.05) is 18.8 Å². The first-order chi connectivity index (χ1) is 10.2. The molecule has 1 aromatic heterocycles. The maximum Gasteiger partial charge on any atom is 0.266 e. The van der Waals surface area contributed by atoms with Crippen LogP contribution in [0.1, 0.15) is 36.4 Å². The number of amides is 1. The van der Waals surface area contributed by atoms with E-state index in [9.17, 15) is 4.79 Å². The number of thiazole rings is 1. The first kappa shape index (κ1) is 15.5. The van der Waals surface area contributed by atoms with Gasteiger partial charge in [0.15, 0.2) is 5.13 Å². The molecule has 0 radical (unpaired) electrons. The molecule has 1 aromatic carbocycles. The number of nitrogens with zero attached hydrogens (tertiary/aromatic N) is 2. The topological polar surface area (TPSA) is 59.2 Å². The normalized spacial score (nSPS) is 10.6. The number of nitrogens with two attached hydrogens (primary N) is 1. The van der Waals surface area contributed by atoms with Gasteiger partial charge in [-0.05, 0) is 13.3 Å². The number of hydrogen-bond donors (Lipinski definition) is 1. The molecule has 2 rings (SSSR count). The monoisotopic (exact) mass is 303 g/mol. The maximum absolute atomic E-state index is 12.7. The average Bonchev–Trinajstić information content (AvgIpc) is 2.90. The zero-order valence-electron chi connectivity index (χ0n) is 12.5. The van der Waals surface area contributed by atoms with Crippen molar-refractivity contribution in [1.29, 1.82) is 0 Å². The minimum Gasteiger partial charge on any atom is -0.375 e. The molecular weight excluding hydrogens is 282 g/mol. The lowest BCUT2D eigenvalue weighted by molar-refractivity contribution is 0.0767. The van der Waals surface area contributed by atoms with Crippen molar-refractivity contribution in [2.24, 2.45) is 0 Å². The first-order valence-corrected chi connectivity index (χ1v) is 8.10. The lowest BCUT2D eigenvalue weighted by atomic mass is 10.1. The Labute approximate surface area is 129 Å². The molecule has 2 N–H and O–H groups in total. The van der Waals surface area contributed by atoms with Crippen LogP contribution in [0.4, 0.5) is 5.13 Å². The molecule has 0 aliphatic carbocycles. The second-order valence-corrected chi connectivity index (χ2v) is 5.86. The zero-order valence-corrected chi connectivity index (χ0v) is 13.3. The van der Waals surface area contributed by atoms with Gasteiger partial charge in [0.25, 0.3) is 5.91 Å². The summed E-state index contributed by atoms with van der Waals surface area (Å²) in [6.07, 6.45) is 2.08. The fraction of sp³-hybridized carbons (Fsp3) is 0.375. The van der Waals surface area contributed by atoms with Gasteiger partial charge in [-0.2, -0.15) is 0 Å². The van der Waals surface area contributed by atoms with E-state index < -0.39 is 0 Å². The van der Waals surface area contributed by atoms with Gasteiger partial charge in [0, 0.05) is 18.7 Å². The Balaban J connectivity index is 2.33. The van der Waals surface area contributed by atoms with E-state index in [4.69, 9.17) is 5.73 Å². The van der Waals surface area contributed by atoms with E-state index in [2.05, 4.69) is 11.9 Å². The van der Waals surface area contributed by atoms with Gasteiger partial charge in [0.05, 0.1) is 5.69 Å². The Morgan fingerprint density at radius 1 is 1.29 bits per heavy atom. The Morgan fingerprint density at radius 3 is 2.62 bits per heavy atom. The van der Waals surface area contributed by atoms with Gasteiger partial charge in [-0.15, -0.1) is 0 Å². The van der Waals surface area contributed by atoms with Crippen molar-refractivity contribution in [1.82, 2.24) is 9.88 Å². The number of rotatable bonds is 6. The molecule has 0 saturated carbocycles. The van der Waals surface area contributed by atoms with E-state index >= 15 is 0 Å². The molecule has 0 spiro atoms. The Morgan fingerprint density at radius 2 is 2.00 bits per heavy atom. The van der Waals surface area contributed by atoms with Gasteiger partial charge in [0.1, 0.15) is 4.88 Å². The third kappa shape index (κ3) is 3.61. The number of carbonyl (C=O) groups is 1. The van der Waals surface area contributed by atoms with Crippen molar-refractivity contribution in [2.45, 2.75) is 26.7 Å². The smallest absolute Gasteiger partial charge is 0.266 e. The summed E-state index contributed by atoms with van der Waals surface area (Å²) in [4.78, 5) is 19.6. The molecule has 2 aromatic rings. The molecule has 4 nitrogen and oxygen atoms in total. The number of aromatic nitrogens is 1. The van der Waals surface area contributed by atoms with Gasteiger partial charge < -0.3 is 10.6 Å². The van der Waals surface area contributed by atoms with Crippen LogP contribution in [0.3, 0.4) is 0 Å². The van der Waals surface area contributed by atoms with Gasteiger partial charge >= 0.3 is 0 Å². The van der Waals surface area contributed by atoms with Gasteiger partial charge in [0.2, 0.25) is 0 Å². The van der Waals surface area contributed by atoms with Gasteiger partial charge in [-0.25, -0.2) is 4.98 Å². The van der Waals surface area contributed by atoms with Gasteiger partial charge in [-0.3, -0.25) is 4.79 Å². The lowest BCUT2D eigenvalue weighted by Gasteiger charge is -2.20. The van der Waals surface area contributed by atoms with E-state index in [0.717, 1.165) is 24.9 Å². The standard InChI is InChI=1S/C16H21N3OS/c1-3-5-11-19(4-2)15(20)14-13(18-16(17)21-14)12-9-7-6-8-10-12/h6-10H,3-5,11H2,1-2H3,(H2,17,18). The van der Waals surface area contributed by atoms with Crippen LogP contribution in [0.2, 0.25) is 0 Å². The van der Waals surface area contributed by atoms with Crippen molar-refractivity contribution < 1.29 is 4.79 Å². The van der Waals surface area contributed by atoms with Crippen LogP contribution >= 0.6 is 11.3 Å². The molecule has 0 saturated heterocycles. The molecule has 0 aliphatic heterocycles. The number of anilines is 1. The summed E-state index contributed by atoms with van der Waals surface area (Å²) in [6.45, 7) is 5.60. The third-order valence-electron chi connectivity index (χ3n) is 3.34. The quantitative estimate of drug-likeness (QED) is 0.886. The fourth-order valence-corrected chi connectivity index (χ4v) is 2.99. The van der Waals surface area contributed by atoms with E-state index in [-0.39, 0.29) is 5.91 Å². The summed E-state index contributed by atoms with van der Waals surface area (Å²) in [6, 6.07) is 9.73. The van der Waals surface area contributed by atoms with Crippen molar-refractivity contribution in [3.63, 3.8) is 0 Å². The molecule has 0 bridgehead atoms. The van der Waals surface area contributed by atoms with E-state index in [1.54, 1.807) is 0 Å². The van der Waals surface area contributed by atoms with E-state index in [0.29, 0.717) is 22.2 Å². The van der Waals surface area contributed by atoms with Crippen LogP contribution in [0.15, 0.2) is 30.3 Å². The van der Waals surface area contributed by atoms with Crippen LogP contribution in [0, 0.1) is 0 Å². The number of benzene rings is 1. The summed E-state index contributed by atoms with van der Waals surface area (Å²) < 4.78 is 0. The molecule has 1 amide bonds. The molecule has 0 fully saturated rings. The van der Waals surface area contributed by atoms with E-state index in [1.807, 2.05) is 42.2 Å². The Kier molecular flexibility index (Phi) is 5.33. The van der Waals surface area contributed by atoms with Crippen LogP contribution in [0.5, 0.6) is 0 Å². The summed E-state index contributed by atoms with van der Waals surface area (Å²) >= 11 is 1.27. The highest BCUT2D eigenvalue weighted by atomic mass is 32.1. The number of nitrogen functional groups attached to an aromatic ring is 1. The number of unbranched alkanes of at least 4 members (excludes halogenated alkanes) is 1. The van der Waals surface area contributed by atoms with E-state index in [1.165, 1.54) is 11.3 Å². The molecule has 1 heterocycles. The molecular formula is C16H21N3OS.